The van der Waals surface area contributed by atoms with Crippen LogP contribution < -0.4 is 16.4 Å². The Morgan fingerprint density at radius 1 is 1.08 bits per heavy atom. The minimum Gasteiger partial charge on any atom is -0.326 e. The Balaban J connectivity index is 1.74. The molecule has 0 aliphatic heterocycles. The normalized spacial score (nSPS) is 10.8. The molecule has 3 rings (SSSR count). The Kier molecular flexibility index (Phi) is 4.79. The van der Waals surface area contributed by atoms with Crippen LogP contribution in [0.2, 0.25) is 0 Å². The number of aromatic amines is 1. The lowest BCUT2D eigenvalue weighted by molar-refractivity contribution is -0.116. The Bertz CT molecular complexity index is 1030. The maximum atomic E-state index is 12.4. The standard InChI is InChI=1S/C19H19N3O3/c1-2-13-6-5-7-14(12-13)20-17(23)10-11-22-19(25)16-9-4-3-8-15(16)18(24)21-22/h3-9,12H,2,10-11H2,1H3,(H,20,23)(H,21,24). The van der Waals surface area contributed by atoms with Gasteiger partial charge in [-0.1, -0.05) is 31.2 Å². The third kappa shape index (κ3) is 3.68. The van der Waals surface area contributed by atoms with Crippen LogP contribution in [-0.4, -0.2) is 15.7 Å². The fourth-order valence-corrected chi connectivity index (χ4v) is 2.71. The molecule has 0 fully saturated rings. The molecule has 25 heavy (non-hydrogen) atoms. The number of nitrogens with zero attached hydrogens (tertiary/aromatic N) is 1. The first-order chi connectivity index (χ1) is 12.1. The van der Waals surface area contributed by atoms with Crippen LogP contribution in [0.4, 0.5) is 5.69 Å². The smallest absolute Gasteiger partial charge is 0.273 e. The van der Waals surface area contributed by atoms with Gasteiger partial charge in [0, 0.05) is 12.1 Å². The quantitative estimate of drug-likeness (QED) is 0.749. The second-order valence-corrected chi connectivity index (χ2v) is 5.80. The molecule has 0 aliphatic rings. The van der Waals surface area contributed by atoms with Gasteiger partial charge in [0.15, 0.2) is 0 Å². The number of nitrogens with one attached hydrogen (secondary N) is 2. The zero-order chi connectivity index (χ0) is 17.8. The van der Waals surface area contributed by atoms with Crippen molar-refractivity contribution in [3.05, 3.63) is 74.8 Å². The van der Waals surface area contributed by atoms with Crippen LogP contribution >= 0.6 is 0 Å². The van der Waals surface area contributed by atoms with E-state index in [-0.39, 0.29) is 30.0 Å². The maximum Gasteiger partial charge on any atom is 0.273 e. The molecular formula is C19H19N3O3. The first-order valence-corrected chi connectivity index (χ1v) is 8.19. The number of aryl methyl sites for hydroxylation is 2. The molecule has 0 radical (unpaired) electrons. The van der Waals surface area contributed by atoms with Gasteiger partial charge in [0.05, 0.1) is 17.3 Å². The summed E-state index contributed by atoms with van der Waals surface area (Å²) in [5.41, 5.74) is 1.21. The van der Waals surface area contributed by atoms with Crippen molar-refractivity contribution < 1.29 is 4.79 Å². The highest BCUT2D eigenvalue weighted by molar-refractivity contribution is 5.90. The third-order valence-electron chi connectivity index (χ3n) is 4.07. The van der Waals surface area contributed by atoms with Crippen LogP contribution in [0.3, 0.4) is 0 Å². The minimum atomic E-state index is -0.341. The summed E-state index contributed by atoms with van der Waals surface area (Å²) in [6, 6.07) is 14.3. The second kappa shape index (κ2) is 7.17. The molecule has 0 saturated heterocycles. The molecule has 128 valence electrons. The summed E-state index contributed by atoms with van der Waals surface area (Å²) in [7, 11) is 0. The Morgan fingerprint density at radius 3 is 2.60 bits per heavy atom. The van der Waals surface area contributed by atoms with Gasteiger partial charge in [-0.05, 0) is 36.2 Å². The van der Waals surface area contributed by atoms with Crippen LogP contribution in [0.25, 0.3) is 10.8 Å². The minimum absolute atomic E-state index is 0.0878. The highest BCUT2D eigenvalue weighted by Gasteiger charge is 2.09. The van der Waals surface area contributed by atoms with Crippen molar-refractivity contribution in [3.8, 4) is 0 Å². The van der Waals surface area contributed by atoms with Crippen molar-refractivity contribution in [2.45, 2.75) is 26.3 Å². The van der Waals surface area contributed by atoms with E-state index in [0.29, 0.717) is 10.8 Å². The summed E-state index contributed by atoms with van der Waals surface area (Å²) < 4.78 is 1.19. The molecule has 6 heteroatoms. The molecule has 0 saturated carbocycles. The van der Waals surface area contributed by atoms with Gasteiger partial charge < -0.3 is 5.32 Å². The Morgan fingerprint density at radius 2 is 1.84 bits per heavy atom. The summed E-state index contributed by atoms with van der Waals surface area (Å²) in [6.07, 6.45) is 0.974. The lowest BCUT2D eigenvalue weighted by atomic mass is 10.1. The number of amides is 1. The molecule has 0 bridgehead atoms. The number of aromatic nitrogens is 2. The van der Waals surface area contributed by atoms with Gasteiger partial charge in [0.2, 0.25) is 5.91 Å². The first-order valence-electron chi connectivity index (χ1n) is 8.19. The topological polar surface area (TPSA) is 84.0 Å². The highest BCUT2D eigenvalue weighted by Crippen LogP contribution is 2.11. The van der Waals surface area contributed by atoms with Gasteiger partial charge in [-0.25, -0.2) is 4.68 Å². The van der Waals surface area contributed by atoms with Gasteiger partial charge in [-0.3, -0.25) is 19.5 Å². The molecule has 0 atom stereocenters. The van der Waals surface area contributed by atoms with E-state index >= 15 is 0 Å². The van der Waals surface area contributed by atoms with Gasteiger partial charge >= 0.3 is 0 Å². The van der Waals surface area contributed by atoms with Gasteiger partial charge in [0.25, 0.3) is 11.1 Å². The van der Waals surface area contributed by atoms with E-state index in [1.54, 1.807) is 24.3 Å². The summed E-state index contributed by atoms with van der Waals surface area (Å²) in [5.74, 6) is -0.214. The fraction of sp³-hybridized carbons (Fsp3) is 0.211. The third-order valence-corrected chi connectivity index (χ3v) is 4.07. The van der Waals surface area contributed by atoms with E-state index in [1.165, 1.54) is 4.68 Å². The fourth-order valence-electron chi connectivity index (χ4n) is 2.71. The largest absolute Gasteiger partial charge is 0.326 e. The second-order valence-electron chi connectivity index (χ2n) is 5.80. The molecular weight excluding hydrogens is 318 g/mol. The predicted molar refractivity (Wildman–Crippen MR) is 97.9 cm³/mol. The lowest BCUT2D eigenvalue weighted by Crippen LogP contribution is -2.31. The molecule has 2 aromatic carbocycles. The van der Waals surface area contributed by atoms with Gasteiger partial charge in [0.1, 0.15) is 0 Å². The molecule has 0 unspecified atom stereocenters. The average molecular weight is 337 g/mol. The van der Waals surface area contributed by atoms with Crippen molar-refractivity contribution in [1.82, 2.24) is 9.78 Å². The number of H-pyrrole nitrogens is 1. The Hall–Kier alpha value is -3.15. The molecule has 3 aromatic rings. The number of rotatable bonds is 5. The van der Waals surface area contributed by atoms with Crippen LogP contribution in [0.5, 0.6) is 0 Å². The molecule has 6 nitrogen and oxygen atoms in total. The number of benzene rings is 2. The van der Waals surface area contributed by atoms with Crippen LogP contribution in [0.1, 0.15) is 18.9 Å². The molecule has 1 amide bonds. The SMILES string of the molecule is CCc1cccc(NC(=O)CCn2[nH]c(=O)c3ccccc3c2=O)c1. The molecule has 1 heterocycles. The van der Waals surface area contributed by atoms with Gasteiger partial charge in [-0.15, -0.1) is 0 Å². The van der Waals surface area contributed by atoms with Crippen molar-refractivity contribution >= 4 is 22.4 Å². The van der Waals surface area contributed by atoms with E-state index in [4.69, 9.17) is 0 Å². The number of carbonyl (C=O) groups excluding carboxylic acids is 1. The van der Waals surface area contributed by atoms with Crippen molar-refractivity contribution in [2.75, 3.05) is 5.32 Å². The monoisotopic (exact) mass is 337 g/mol. The Labute approximate surface area is 144 Å². The average Bonchev–Trinajstić information content (AvgIpc) is 2.63. The summed E-state index contributed by atoms with van der Waals surface area (Å²) in [4.78, 5) is 36.6. The number of anilines is 1. The van der Waals surface area contributed by atoms with Crippen LogP contribution in [-0.2, 0) is 17.8 Å². The van der Waals surface area contributed by atoms with E-state index in [9.17, 15) is 14.4 Å². The zero-order valence-electron chi connectivity index (χ0n) is 13.9. The number of fused-ring (bicyclic) bond motifs is 1. The molecule has 2 N–H and O–H groups in total. The van der Waals surface area contributed by atoms with Crippen LogP contribution in [0.15, 0.2) is 58.1 Å². The molecule has 1 aromatic heterocycles. The van der Waals surface area contributed by atoms with E-state index in [2.05, 4.69) is 10.4 Å². The summed E-state index contributed by atoms with van der Waals surface area (Å²) in [6.45, 7) is 2.15. The van der Waals surface area contributed by atoms with E-state index < -0.39 is 0 Å². The summed E-state index contributed by atoms with van der Waals surface area (Å²) in [5, 5.41) is 6.04. The van der Waals surface area contributed by atoms with Gasteiger partial charge in [-0.2, -0.15) is 0 Å². The number of carbonyl (C=O) groups is 1. The summed E-state index contributed by atoms with van der Waals surface area (Å²) >= 11 is 0. The molecule has 0 aliphatic carbocycles. The maximum absolute atomic E-state index is 12.4. The highest BCUT2D eigenvalue weighted by atomic mass is 16.2. The van der Waals surface area contributed by atoms with Crippen LogP contribution in [0, 0.1) is 0 Å². The van der Waals surface area contributed by atoms with E-state index in [0.717, 1.165) is 17.7 Å². The number of hydrogen-bond donors (Lipinski definition) is 2. The zero-order valence-corrected chi connectivity index (χ0v) is 13.9. The van der Waals surface area contributed by atoms with Crippen molar-refractivity contribution in [3.63, 3.8) is 0 Å². The first kappa shape index (κ1) is 16.7. The number of hydrogen-bond acceptors (Lipinski definition) is 3. The van der Waals surface area contributed by atoms with Crippen molar-refractivity contribution in [2.24, 2.45) is 0 Å². The van der Waals surface area contributed by atoms with Crippen molar-refractivity contribution in [1.29, 1.82) is 0 Å². The van der Waals surface area contributed by atoms with E-state index in [1.807, 2.05) is 31.2 Å². The lowest BCUT2D eigenvalue weighted by Gasteiger charge is -2.09. The predicted octanol–water partition coefficient (Wildman–Crippen LogP) is 2.28. The molecule has 0 spiro atoms.